The molecule has 3 N–H and O–H groups in total. The third kappa shape index (κ3) is 5.16. The molecular formula is C16H17N3O5. The molecule has 8 heteroatoms. The van der Waals surface area contributed by atoms with Gasteiger partial charge in [-0.3, -0.25) is 14.4 Å². The largest absolute Gasteiger partial charge is 0.497 e. The zero-order chi connectivity index (χ0) is 17.4. The van der Waals surface area contributed by atoms with E-state index in [2.05, 4.69) is 16.0 Å². The van der Waals surface area contributed by atoms with Gasteiger partial charge in [0.2, 0.25) is 5.91 Å². The number of benzene rings is 1. The van der Waals surface area contributed by atoms with Gasteiger partial charge >= 0.3 is 11.8 Å². The first kappa shape index (κ1) is 17.1. The van der Waals surface area contributed by atoms with Gasteiger partial charge in [0.15, 0.2) is 0 Å². The summed E-state index contributed by atoms with van der Waals surface area (Å²) in [5.74, 6) is -1.09. The zero-order valence-electron chi connectivity index (χ0n) is 13.0. The number of rotatable bonds is 6. The Labute approximate surface area is 138 Å². The highest BCUT2D eigenvalue weighted by molar-refractivity contribution is 6.39. The summed E-state index contributed by atoms with van der Waals surface area (Å²) in [6.45, 7) is -0.108. The predicted molar refractivity (Wildman–Crippen MR) is 85.2 cm³/mol. The van der Waals surface area contributed by atoms with Crippen molar-refractivity contribution in [1.82, 2.24) is 10.6 Å². The summed E-state index contributed by atoms with van der Waals surface area (Å²) >= 11 is 0. The Morgan fingerprint density at radius 3 is 2.62 bits per heavy atom. The van der Waals surface area contributed by atoms with E-state index in [0.29, 0.717) is 17.2 Å². The fourth-order valence-electron chi connectivity index (χ4n) is 1.79. The fraction of sp³-hybridized carbons (Fsp3) is 0.188. The van der Waals surface area contributed by atoms with E-state index in [1.54, 1.807) is 36.4 Å². The summed E-state index contributed by atoms with van der Waals surface area (Å²) < 4.78 is 10.1. The molecule has 1 aromatic heterocycles. The molecule has 0 spiro atoms. The molecule has 0 bridgehead atoms. The molecule has 0 fully saturated rings. The lowest BCUT2D eigenvalue weighted by Crippen LogP contribution is -2.41. The molecule has 1 aromatic carbocycles. The van der Waals surface area contributed by atoms with Crippen molar-refractivity contribution < 1.29 is 23.5 Å². The van der Waals surface area contributed by atoms with E-state index >= 15 is 0 Å². The lowest BCUT2D eigenvalue weighted by atomic mass is 10.3. The first-order valence-electron chi connectivity index (χ1n) is 7.11. The van der Waals surface area contributed by atoms with Crippen molar-refractivity contribution in [2.24, 2.45) is 0 Å². The Morgan fingerprint density at radius 1 is 1.08 bits per heavy atom. The minimum Gasteiger partial charge on any atom is -0.497 e. The number of hydrogen-bond acceptors (Lipinski definition) is 5. The highest BCUT2D eigenvalue weighted by atomic mass is 16.5. The van der Waals surface area contributed by atoms with Crippen molar-refractivity contribution in [3.05, 3.63) is 48.4 Å². The second-order valence-electron chi connectivity index (χ2n) is 4.72. The van der Waals surface area contributed by atoms with Crippen LogP contribution in [-0.4, -0.2) is 31.4 Å². The van der Waals surface area contributed by atoms with Crippen LogP contribution >= 0.6 is 0 Å². The van der Waals surface area contributed by atoms with Gasteiger partial charge < -0.3 is 25.1 Å². The van der Waals surface area contributed by atoms with E-state index in [0.717, 1.165) is 0 Å². The number of carbonyl (C=O) groups excluding carboxylic acids is 3. The molecule has 3 amide bonds. The van der Waals surface area contributed by atoms with Crippen LogP contribution in [0.5, 0.6) is 5.75 Å². The number of ether oxygens (including phenoxy) is 1. The maximum Gasteiger partial charge on any atom is 0.313 e. The molecule has 24 heavy (non-hydrogen) atoms. The third-order valence-electron chi connectivity index (χ3n) is 2.98. The van der Waals surface area contributed by atoms with Gasteiger partial charge in [0.1, 0.15) is 11.5 Å². The van der Waals surface area contributed by atoms with E-state index in [4.69, 9.17) is 9.15 Å². The topological polar surface area (TPSA) is 110 Å². The van der Waals surface area contributed by atoms with Crippen molar-refractivity contribution in [2.45, 2.75) is 6.54 Å². The number of furan rings is 1. The minimum atomic E-state index is -0.911. The van der Waals surface area contributed by atoms with Crippen molar-refractivity contribution >= 4 is 23.4 Å². The average molecular weight is 331 g/mol. The van der Waals surface area contributed by atoms with E-state index in [9.17, 15) is 14.4 Å². The first-order chi connectivity index (χ1) is 11.6. The van der Waals surface area contributed by atoms with Crippen LogP contribution in [0.25, 0.3) is 0 Å². The van der Waals surface area contributed by atoms with E-state index in [1.165, 1.54) is 13.4 Å². The van der Waals surface area contributed by atoms with Crippen LogP contribution in [0.2, 0.25) is 0 Å². The average Bonchev–Trinajstić information content (AvgIpc) is 3.11. The van der Waals surface area contributed by atoms with Crippen LogP contribution in [0.4, 0.5) is 5.69 Å². The molecule has 0 aliphatic rings. The SMILES string of the molecule is COc1cccc(NC(=O)C(=O)NCC(=O)NCc2ccco2)c1. The summed E-state index contributed by atoms with van der Waals surface area (Å²) in [6.07, 6.45) is 1.49. The second-order valence-corrected chi connectivity index (χ2v) is 4.72. The number of anilines is 1. The number of amides is 3. The molecule has 0 atom stereocenters. The van der Waals surface area contributed by atoms with E-state index < -0.39 is 17.7 Å². The van der Waals surface area contributed by atoms with Crippen LogP contribution in [0, 0.1) is 0 Å². The summed E-state index contributed by atoms with van der Waals surface area (Å²) in [5.41, 5.74) is 0.414. The summed E-state index contributed by atoms with van der Waals surface area (Å²) in [5, 5.41) is 7.20. The molecule has 0 saturated carbocycles. The van der Waals surface area contributed by atoms with Gasteiger partial charge in [0, 0.05) is 11.8 Å². The van der Waals surface area contributed by atoms with Gasteiger partial charge in [-0.15, -0.1) is 0 Å². The van der Waals surface area contributed by atoms with Crippen LogP contribution in [0.3, 0.4) is 0 Å². The first-order valence-corrected chi connectivity index (χ1v) is 7.11. The van der Waals surface area contributed by atoms with Crippen LogP contribution < -0.4 is 20.7 Å². The number of hydrogen-bond donors (Lipinski definition) is 3. The van der Waals surface area contributed by atoms with Crippen molar-refractivity contribution in [3.8, 4) is 5.75 Å². The summed E-state index contributed by atoms with van der Waals surface area (Å²) in [4.78, 5) is 35.0. The number of nitrogens with one attached hydrogen (secondary N) is 3. The van der Waals surface area contributed by atoms with E-state index in [1.807, 2.05) is 0 Å². The van der Waals surface area contributed by atoms with Gasteiger partial charge in [0.25, 0.3) is 0 Å². The number of methoxy groups -OCH3 is 1. The quantitative estimate of drug-likeness (QED) is 0.674. The molecule has 8 nitrogen and oxygen atoms in total. The van der Waals surface area contributed by atoms with Gasteiger partial charge in [-0.1, -0.05) is 6.07 Å². The zero-order valence-corrected chi connectivity index (χ0v) is 13.0. The molecule has 2 rings (SSSR count). The van der Waals surface area contributed by atoms with Crippen molar-refractivity contribution in [1.29, 1.82) is 0 Å². The minimum absolute atomic E-state index is 0.206. The molecular weight excluding hydrogens is 314 g/mol. The molecule has 0 radical (unpaired) electrons. The summed E-state index contributed by atoms with van der Waals surface area (Å²) in [7, 11) is 1.50. The standard InChI is InChI=1S/C16H17N3O5/c1-23-12-5-2-4-11(8-12)19-16(22)15(21)18-10-14(20)17-9-13-6-3-7-24-13/h2-8H,9-10H2,1H3,(H,17,20)(H,18,21)(H,19,22). The Morgan fingerprint density at radius 2 is 1.92 bits per heavy atom. The third-order valence-corrected chi connectivity index (χ3v) is 2.98. The Hall–Kier alpha value is -3.29. The maximum atomic E-state index is 11.8. The molecule has 126 valence electrons. The van der Waals surface area contributed by atoms with Gasteiger partial charge in [-0.05, 0) is 24.3 Å². The summed E-state index contributed by atoms with van der Waals surface area (Å²) in [6, 6.07) is 9.98. The predicted octanol–water partition coefficient (Wildman–Crippen LogP) is 0.659. The molecule has 2 aromatic rings. The Bertz CT molecular complexity index is 712. The monoisotopic (exact) mass is 331 g/mol. The van der Waals surface area contributed by atoms with Crippen LogP contribution in [0.1, 0.15) is 5.76 Å². The van der Waals surface area contributed by atoms with Gasteiger partial charge in [-0.25, -0.2) is 0 Å². The molecule has 1 heterocycles. The van der Waals surface area contributed by atoms with Crippen molar-refractivity contribution in [2.75, 3.05) is 19.0 Å². The van der Waals surface area contributed by atoms with Crippen LogP contribution in [-0.2, 0) is 20.9 Å². The van der Waals surface area contributed by atoms with Crippen molar-refractivity contribution in [3.63, 3.8) is 0 Å². The second kappa shape index (κ2) is 8.37. The van der Waals surface area contributed by atoms with E-state index in [-0.39, 0.29) is 13.1 Å². The molecule has 0 saturated heterocycles. The maximum absolute atomic E-state index is 11.8. The lowest BCUT2D eigenvalue weighted by Gasteiger charge is -2.08. The Kier molecular flexibility index (Phi) is 5.95. The van der Waals surface area contributed by atoms with Gasteiger partial charge in [-0.2, -0.15) is 0 Å². The highest BCUT2D eigenvalue weighted by Gasteiger charge is 2.15. The van der Waals surface area contributed by atoms with Gasteiger partial charge in [0.05, 0.1) is 26.5 Å². The lowest BCUT2D eigenvalue weighted by molar-refractivity contribution is -0.136. The smallest absolute Gasteiger partial charge is 0.313 e. The molecule has 0 aliphatic heterocycles. The Balaban J connectivity index is 1.74. The normalized spacial score (nSPS) is 9.88. The molecule has 0 aliphatic carbocycles. The molecule has 0 unspecified atom stereocenters. The number of carbonyl (C=O) groups is 3. The highest BCUT2D eigenvalue weighted by Crippen LogP contribution is 2.16. The van der Waals surface area contributed by atoms with Crippen LogP contribution in [0.15, 0.2) is 47.1 Å². The fourth-order valence-corrected chi connectivity index (χ4v) is 1.79.